The lowest BCUT2D eigenvalue weighted by atomic mass is 10.0. The number of hydrogen-bond donors (Lipinski definition) is 0. The summed E-state index contributed by atoms with van der Waals surface area (Å²) >= 11 is 0. The van der Waals surface area contributed by atoms with E-state index in [9.17, 15) is 4.79 Å². The molecule has 0 aliphatic carbocycles. The molecule has 3 aromatic rings. The lowest BCUT2D eigenvalue weighted by molar-refractivity contribution is -0.129. The Morgan fingerprint density at radius 1 is 0.704 bits per heavy atom. The van der Waals surface area contributed by atoms with Crippen LogP contribution in [-0.2, 0) is 4.79 Å². The van der Waals surface area contributed by atoms with Crippen molar-refractivity contribution in [2.24, 2.45) is 0 Å². The number of carbonyl (C=O) groups excluding carboxylic acids is 1. The molecule has 0 radical (unpaired) electrons. The van der Waals surface area contributed by atoms with Crippen LogP contribution in [0.4, 0.5) is 0 Å². The van der Waals surface area contributed by atoms with Crippen molar-refractivity contribution < 1.29 is 4.79 Å². The molecule has 1 aliphatic rings. The third kappa shape index (κ3) is 3.85. The van der Waals surface area contributed by atoms with Gasteiger partial charge in [-0.1, -0.05) is 91.0 Å². The largest absolute Gasteiger partial charge is 0.325 e. The predicted molar refractivity (Wildman–Crippen MR) is 110 cm³/mol. The van der Waals surface area contributed by atoms with E-state index in [1.54, 1.807) is 6.08 Å². The average Bonchev–Trinajstić information content (AvgIpc) is 3.19. The standard InChI is InChI=1S/C25H23NO/c27-25(19-16-20-10-4-1-5-11-20)26-23(21-12-6-2-7-13-21)17-18-24(26)22-14-8-3-9-15-22/h1-16,19,23-24H,17-18H2/t23-,24-/m0/s1. The van der Waals surface area contributed by atoms with Crippen molar-refractivity contribution in [3.8, 4) is 0 Å². The van der Waals surface area contributed by atoms with Gasteiger partial charge in [-0.15, -0.1) is 0 Å². The molecule has 1 aliphatic heterocycles. The number of hydrogen-bond acceptors (Lipinski definition) is 1. The molecule has 134 valence electrons. The van der Waals surface area contributed by atoms with Crippen LogP contribution < -0.4 is 0 Å². The second kappa shape index (κ2) is 8.05. The summed E-state index contributed by atoms with van der Waals surface area (Å²) in [5.74, 6) is 0.0686. The van der Waals surface area contributed by atoms with E-state index in [1.807, 2.05) is 72.8 Å². The molecule has 3 aromatic carbocycles. The molecule has 0 bridgehead atoms. The third-order valence-corrected chi connectivity index (χ3v) is 5.23. The van der Waals surface area contributed by atoms with Gasteiger partial charge in [-0.05, 0) is 35.6 Å². The number of amides is 1. The highest BCUT2D eigenvalue weighted by molar-refractivity contribution is 5.92. The monoisotopic (exact) mass is 353 g/mol. The number of rotatable bonds is 4. The van der Waals surface area contributed by atoms with Crippen LogP contribution >= 0.6 is 0 Å². The van der Waals surface area contributed by atoms with Gasteiger partial charge in [0.05, 0.1) is 12.1 Å². The maximum Gasteiger partial charge on any atom is 0.247 e. The summed E-state index contributed by atoms with van der Waals surface area (Å²) in [5, 5.41) is 0. The lowest BCUT2D eigenvalue weighted by Crippen LogP contribution is -2.31. The molecule has 1 amide bonds. The Labute approximate surface area is 160 Å². The van der Waals surface area contributed by atoms with E-state index in [1.165, 1.54) is 11.1 Å². The Morgan fingerprint density at radius 2 is 1.15 bits per heavy atom. The summed E-state index contributed by atoms with van der Waals surface area (Å²) < 4.78 is 0. The zero-order valence-corrected chi connectivity index (χ0v) is 15.2. The SMILES string of the molecule is O=C(C=Cc1ccccc1)N1[C@H](c2ccccc2)CC[C@H]1c1ccccc1. The number of nitrogens with zero attached hydrogens (tertiary/aromatic N) is 1. The van der Waals surface area contributed by atoms with Crippen LogP contribution in [0, 0.1) is 0 Å². The summed E-state index contributed by atoms with van der Waals surface area (Å²) in [5.41, 5.74) is 3.45. The topological polar surface area (TPSA) is 20.3 Å². The van der Waals surface area contributed by atoms with Gasteiger partial charge in [0.1, 0.15) is 0 Å². The third-order valence-electron chi connectivity index (χ3n) is 5.23. The van der Waals surface area contributed by atoms with Crippen molar-refractivity contribution in [2.45, 2.75) is 24.9 Å². The average molecular weight is 353 g/mol. The second-order valence-corrected chi connectivity index (χ2v) is 6.92. The minimum atomic E-state index is 0.0686. The fourth-order valence-electron chi connectivity index (χ4n) is 3.94. The van der Waals surface area contributed by atoms with E-state index in [4.69, 9.17) is 0 Å². The van der Waals surface area contributed by atoms with Crippen molar-refractivity contribution in [3.63, 3.8) is 0 Å². The minimum absolute atomic E-state index is 0.0686. The van der Waals surface area contributed by atoms with Crippen LogP contribution in [0.3, 0.4) is 0 Å². The van der Waals surface area contributed by atoms with Gasteiger partial charge in [-0.3, -0.25) is 4.79 Å². The normalized spacial score (nSPS) is 19.5. The highest BCUT2D eigenvalue weighted by Gasteiger charge is 2.37. The molecule has 2 heteroatoms. The predicted octanol–water partition coefficient (Wildman–Crippen LogP) is 5.80. The number of benzene rings is 3. The van der Waals surface area contributed by atoms with E-state index in [0.29, 0.717) is 0 Å². The van der Waals surface area contributed by atoms with Gasteiger partial charge in [-0.2, -0.15) is 0 Å². The van der Waals surface area contributed by atoms with Crippen LogP contribution in [0.5, 0.6) is 0 Å². The molecule has 2 nitrogen and oxygen atoms in total. The Hall–Kier alpha value is -3.13. The molecule has 27 heavy (non-hydrogen) atoms. The molecule has 0 N–H and O–H groups in total. The lowest BCUT2D eigenvalue weighted by Gasteiger charge is -2.30. The highest BCUT2D eigenvalue weighted by Crippen LogP contribution is 2.44. The summed E-state index contributed by atoms with van der Waals surface area (Å²) in [7, 11) is 0. The maximum atomic E-state index is 13.2. The first-order valence-electron chi connectivity index (χ1n) is 9.48. The zero-order chi connectivity index (χ0) is 18.5. The van der Waals surface area contributed by atoms with Crippen molar-refractivity contribution in [1.29, 1.82) is 0 Å². The van der Waals surface area contributed by atoms with E-state index < -0.39 is 0 Å². The highest BCUT2D eigenvalue weighted by atomic mass is 16.2. The van der Waals surface area contributed by atoms with Crippen molar-refractivity contribution in [2.75, 3.05) is 0 Å². The van der Waals surface area contributed by atoms with Gasteiger partial charge in [0.2, 0.25) is 5.91 Å². The van der Waals surface area contributed by atoms with Gasteiger partial charge in [-0.25, -0.2) is 0 Å². The van der Waals surface area contributed by atoms with Gasteiger partial charge in [0, 0.05) is 6.08 Å². The fraction of sp³-hybridized carbons (Fsp3) is 0.160. The van der Waals surface area contributed by atoms with Gasteiger partial charge >= 0.3 is 0 Å². The van der Waals surface area contributed by atoms with Crippen LogP contribution in [0.2, 0.25) is 0 Å². The summed E-state index contributed by atoms with van der Waals surface area (Å²) in [6.45, 7) is 0. The Balaban J connectivity index is 1.65. The van der Waals surface area contributed by atoms with Gasteiger partial charge in [0.15, 0.2) is 0 Å². The molecular formula is C25H23NO. The van der Waals surface area contributed by atoms with E-state index >= 15 is 0 Å². The van der Waals surface area contributed by atoms with Crippen LogP contribution in [-0.4, -0.2) is 10.8 Å². The van der Waals surface area contributed by atoms with Crippen LogP contribution in [0.1, 0.15) is 41.6 Å². The zero-order valence-electron chi connectivity index (χ0n) is 15.2. The number of carbonyl (C=O) groups is 1. The number of likely N-dealkylation sites (tertiary alicyclic amines) is 1. The maximum absolute atomic E-state index is 13.2. The molecule has 0 spiro atoms. The van der Waals surface area contributed by atoms with Gasteiger partial charge in [0.25, 0.3) is 0 Å². The quantitative estimate of drug-likeness (QED) is 0.542. The van der Waals surface area contributed by atoms with Crippen LogP contribution in [0.25, 0.3) is 6.08 Å². The second-order valence-electron chi connectivity index (χ2n) is 6.92. The molecule has 0 unspecified atom stereocenters. The smallest absolute Gasteiger partial charge is 0.247 e. The Morgan fingerprint density at radius 3 is 1.63 bits per heavy atom. The summed E-state index contributed by atoms with van der Waals surface area (Å²) in [6, 6.07) is 30.9. The molecule has 0 aromatic heterocycles. The first kappa shape index (κ1) is 17.3. The van der Waals surface area contributed by atoms with Crippen molar-refractivity contribution >= 4 is 12.0 Å². The van der Waals surface area contributed by atoms with E-state index in [-0.39, 0.29) is 18.0 Å². The first-order chi connectivity index (χ1) is 13.3. The molecule has 4 rings (SSSR count). The van der Waals surface area contributed by atoms with E-state index in [2.05, 4.69) is 29.2 Å². The van der Waals surface area contributed by atoms with E-state index in [0.717, 1.165) is 18.4 Å². The minimum Gasteiger partial charge on any atom is -0.325 e. The molecule has 1 saturated heterocycles. The molecular weight excluding hydrogens is 330 g/mol. The Bertz CT molecular complexity index is 855. The van der Waals surface area contributed by atoms with Crippen LogP contribution in [0.15, 0.2) is 97.1 Å². The van der Waals surface area contributed by atoms with Crippen molar-refractivity contribution in [3.05, 3.63) is 114 Å². The van der Waals surface area contributed by atoms with Crippen molar-refractivity contribution in [1.82, 2.24) is 4.90 Å². The van der Waals surface area contributed by atoms with Gasteiger partial charge < -0.3 is 4.90 Å². The molecule has 2 atom stereocenters. The Kier molecular flexibility index (Phi) is 5.15. The molecule has 0 saturated carbocycles. The fourth-order valence-corrected chi connectivity index (χ4v) is 3.94. The molecule has 1 fully saturated rings. The summed E-state index contributed by atoms with van der Waals surface area (Å²) in [6.07, 6.45) is 5.58. The molecule has 1 heterocycles. The summed E-state index contributed by atoms with van der Waals surface area (Å²) in [4.78, 5) is 15.3. The first-order valence-corrected chi connectivity index (χ1v) is 9.48.